The number of carbonyl (C=O) groups is 1. The number of esters is 1. The minimum absolute atomic E-state index is 0.0893. The van der Waals surface area contributed by atoms with Crippen LogP contribution in [0.4, 0.5) is 0 Å². The lowest BCUT2D eigenvalue weighted by atomic mass is 10.4. The zero-order valence-corrected chi connectivity index (χ0v) is 13.1. The van der Waals surface area contributed by atoms with Gasteiger partial charge in [0.05, 0.1) is 6.61 Å². The Labute approximate surface area is 115 Å². The van der Waals surface area contributed by atoms with Crippen LogP contribution in [0, 0.1) is 0 Å². The van der Waals surface area contributed by atoms with Crippen LogP contribution in [-0.2, 0) is 23.1 Å². The number of aliphatic hydroxyl groups is 1. The van der Waals surface area contributed by atoms with Crippen LogP contribution in [0.1, 0.15) is 13.3 Å². The molecule has 0 fully saturated rings. The first-order chi connectivity index (χ1) is 8.84. The number of hydrogen-bond donors (Lipinski definition) is 1. The van der Waals surface area contributed by atoms with Crippen LogP contribution in [0.15, 0.2) is 12.2 Å². The second kappa shape index (κ2) is 9.22. The Morgan fingerprint density at radius 2 is 1.89 bits per heavy atom. The van der Waals surface area contributed by atoms with E-state index in [2.05, 4.69) is 6.58 Å². The van der Waals surface area contributed by atoms with E-state index in [9.17, 15) is 9.90 Å². The normalized spacial score (nSPS) is 13.1. The van der Waals surface area contributed by atoms with Crippen molar-refractivity contribution in [2.75, 3.05) is 27.4 Å². The van der Waals surface area contributed by atoms with Crippen LogP contribution in [0.5, 0.6) is 0 Å². The summed E-state index contributed by atoms with van der Waals surface area (Å²) in [5.41, 5.74) is 0.336. The summed E-state index contributed by atoms with van der Waals surface area (Å²) < 4.78 is 20.5. The monoisotopic (exact) mass is 292 g/mol. The molecule has 1 atom stereocenters. The van der Waals surface area contributed by atoms with E-state index in [1.807, 2.05) is 6.55 Å². The Kier molecular flexibility index (Phi) is 8.86. The van der Waals surface area contributed by atoms with Crippen molar-refractivity contribution in [3.63, 3.8) is 0 Å². The van der Waals surface area contributed by atoms with E-state index in [1.54, 1.807) is 21.1 Å². The zero-order chi connectivity index (χ0) is 14.9. The molecular weight excluding hydrogens is 268 g/mol. The van der Waals surface area contributed by atoms with Crippen LogP contribution in [0.25, 0.3) is 0 Å². The van der Waals surface area contributed by atoms with Gasteiger partial charge in [-0.2, -0.15) is 0 Å². The van der Waals surface area contributed by atoms with Crippen molar-refractivity contribution in [2.45, 2.75) is 32.2 Å². The van der Waals surface area contributed by atoms with E-state index >= 15 is 0 Å². The Morgan fingerprint density at radius 3 is 2.37 bits per heavy atom. The summed E-state index contributed by atoms with van der Waals surface area (Å²) in [4.78, 5) is 11.1. The average molecular weight is 292 g/mol. The van der Waals surface area contributed by atoms with Gasteiger partial charge in [0.15, 0.2) is 6.29 Å². The first-order valence-electron chi connectivity index (χ1n) is 6.07. The first-order valence-corrected chi connectivity index (χ1v) is 8.59. The van der Waals surface area contributed by atoms with Gasteiger partial charge in [-0.05, 0) is 19.5 Å². The molecule has 7 heteroatoms. The summed E-state index contributed by atoms with van der Waals surface area (Å²) in [5, 5.41) is 9.61. The molecule has 0 rings (SSSR count). The van der Waals surface area contributed by atoms with Crippen LogP contribution in [0.2, 0.25) is 12.6 Å². The van der Waals surface area contributed by atoms with E-state index in [4.69, 9.17) is 18.3 Å². The average Bonchev–Trinajstić information content (AvgIpc) is 2.40. The van der Waals surface area contributed by atoms with E-state index in [1.165, 1.54) is 0 Å². The number of carbonyl (C=O) groups excluding carboxylic acids is 1. The molecule has 0 aromatic heterocycles. The Morgan fingerprint density at radius 1 is 1.32 bits per heavy atom. The van der Waals surface area contributed by atoms with Crippen molar-refractivity contribution in [2.24, 2.45) is 0 Å². The van der Waals surface area contributed by atoms with Crippen molar-refractivity contribution >= 4 is 14.5 Å². The predicted molar refractivity (Wildman–Crippen MR) is 72.8 cm³/mol. The van der Waals surface area contributed by atoms with Gasteiger partial charge >= 0.3 is 14.5 Å². The van der Waals surface area contributed by atoms with Gasteiger partial charge in [-0.3, -0.25) is 0 Å². The molecule has 6 nitrogen and oxygen atoms in total. The highest BCUT2D eigenvalue weighted by Gasteiger charge is 2.29. The quantitative estimate of drug-likeness (QED) is 0.214. The Bertz CT molecular complexity index is 290. The first kappa shape index (κ1) is 18.3. The molecule has 0 aliphatic heterocycles. The molecule has 19 heavy (non-hydrogen) atoms. The maximum absolute atomic E-state index is 11.1. The second-order valence-corrected chi connectivity index (χ2v) is 7.91. The third-order valence-corrected chi connectivity index (χ3v) is 5.61. The van der Waals surface area contributed by atoms with E-state index in [0.29, 0.717) is 18.0 Å². The summed E-state index contributed by atoms with van der Waals surface area (Å²) in [6.07, 6.45) is -0.501. The van der Waals surface area contributed by atoms with Gasteiger partial charge in [0, 0.05) is 26.2 Å². The van der Waals surface area contributed by atoms with Gasteiger partial charge in [-0.1, -0.05) is 6.58 Å². The smallest absolute Gasteiger partial charge is 0.334 e. The number of aliphatic hydroxyl groups excluding tert-OH is 1. The molecule has 0 aliphatic carbocycles. The van der Waals surface area contributed by atoms with E-state index < -0.39 is 20.8 Å². The highest BCUT2D eigenvalue weighted by molar-refractivity contribution is 6.65. The molecule has 112 valence electrons. The minimum atomic E-state index is -2.18. The summed E-state index contributed by atoms with van der Waals surface area (Å²) >= 11 is 0. The third kappa shape index (κ3) is 8.12. The number of rotatable bonds is 10. The summed E-state index contributed by atoms with van der Waals surface area (Å²) in [6.45, 7) is 7.16. The lowest BCUT2D eigenvalue weighted by Crippen LogP contribution is -2.37. The molecule has 1 unspecified atom stereocenters. The molecule has 1 N–H and O–H groups in total. The molecular formula is C12H24O6Si. The van der Waals surface area contributed by atoms with Crippen molar-refractivity contribution in [1.29, 1.82) is 0 Å². The predicted octanol–water partition coefficient (Wildman–Crippen LogP) is 1.20. The maximum Gasteiger partial charge on any atom is 0.334 e. The van der Waals surface area contributed by atoms with Crippen LogP contribution in [-0.4, -0.2) is 53.4 Å². The molecule has 0 aliphatic rings. The van der Waals surface area contributed by atoms with E-state index in [0.717, 1.165) is 0 Å². The van der Waals surface area contributed by atoms with Crippen molar-refractivity contribution in [3.8, 4) is 0 Å². The van der Waals surface area contributed by atoms with Gasteiger partial charge in [0.1, 0.15) is 6.61 Å². The summed E-state index contributed by atoms with van der Waals surface area (Å²) in [7, 11) is 1.02. The maximum atomic E-state index is 11.1. The molecule has 0 spiro atoms. The van der Waals surface area contributed by atoms with Crippen LogP contribution in [0.3, 0.4) is 0 Å². The van der Waals surface area contributed by atoms with Gasteiger partial charge in [-0.25, -0.2) is 4.79 Å². The van der Waals surface area contributed by atoms with Gasteiger partial charge in [0.25, 0.3) is 0 Å². The van der Waals surface area contributed by atoms with Crippen molar-refractivity contribution in [3.05, 3.63) is 12.2 Å². The Balaban J connectivity index is 3.73. The third-order valence-electron chi connectivity index (χ3n) is 2.68. The topological polar surface area (TPSA) is 74.2 Å². The number of ether oxygens (including phenoxy) is 2. The summed E-state index contributed by atoms with van der Waals surface area (Å²) in [6, 6.07) is 0.618. The largest absolute Gasteiger partial charge is 0.460 e. The zero-order valence-electron chi connectivity index (χ0n) is 12.1. The van der Waals surface area contributed by atoms with Gasteiger partial charge in [-0.15, -0.1) is 0 Å². The molecule has 0 aromatic carbocycles. The fourth-order valence-electron chi connectivity index (χ4n) is 1.20. The molecule has 0 heterocycles. The molecule has 0 aromatic rings. The van der Waals surface area contributed by atoms with Crippen molar-refractivity contribution < 1.29 is 28.2 Å². The van der Waals surface area contributed by atoms with Crippen LogP contribution < -0.4 is 0 Å². The second-order valence-electron chi connectivity index (χ2n) is 4.32. The lowest BCUT2D eigenvalue weighted by Gasteiger charge is -2.23. The molecule has 0 radical (unpaired) electrons. The highest BCUT2D eigenvalue weighted by Crippen LogP contribution is 2.15. The molecule has 0 bridgehead atoms. The Hall–Kier alpha value is -0.733. The molecule has 0 saturated carbocycles. The standard InChI is InChI=1S/C12H24O6Si/c1-10(2)12(14)18-8-7-17-11(13)6-9-19(5,15-3)16-4/h11,13H,1,6-9H2,2-5H3. The SMILES string of the molecule is C=C(C)C(=O)OCCOC(O)CC[Si](C)(OC)OC. The minimum Gasteiger partial charge on any atom is -0.460 e. The van der Waals surface area contributed by atoms with Crippen molar-refractivity contribution in [1.82, 2.24) is 0 Å². The molecule has 0 saturated heterocycles. The number of hydrogen-bond acceptors (Lipinski definition) is 6. The lowest BCUT2D eigenvalue weighted by molar-refractivity contribution is -0.147. The molecule has 0 amide bonds. The van der Waals surface area contributed by atoms with E-state index in [-0.39, 0.29) is 13.2 Å². The van der Waals surface area contributed by atoms with Crippen LogP contribution >= 0.6 is 0 Å². The van der Waals surface area contributed by atoms with Gasteiger partial charge < -0.3 is 23.4 Å². The van der Waals surface area contributed by atoms with Gasteiger partial charge in [0.2, 0.25) is 0 Å². The summed E-state index contributed by atoms with van der Waals surface area (Å²) in [5.74, 6) is -0.461. The fraction of sp³-hybridized carbons (Fsp3) is 0.750. The highest BCUT2D eigenvalue weighted by atomic mass is 28.4. The fourth-order valence-corrected chi connectivity index (χ4v) is 2.54.